The van der Waals surface area contributed by atoms with Crippen LogP contribution in [-0.4, -0.2) is 73.7 Å². The molecule has 1 aromatic rings. The van der Waals surface area contributed by atoms with Crippen molar-refractivity contribution < 1.29 is 32.3 Å². The van der Waals surface area contributed by atoms with E-state index in [-0.39, 0.29) is 40.7 Å². The average Bonchev–Trinajstić information content (AvgIpc) is 3.16. The number of amides is 3. The van der Waals surface area contributed by atoms with Gasteiger partial charge in [-0.3, -0.25) is 29.0 Å². The highest BCUT2D eigenvalue weighted by molar-refractivity contribution is 8.14. The van der Waals surface area contributed by atoms with Crippen molar-refractivity contribution in [2.45, 2.75) is 17.9 Å². The monoisotopic (exact) mass is 454 g/mol. The number of aliphatic imine (C=N–C) groups is 1. The third kappa shape index (κ3) is 4.79. The molecule has 11 nitrogen and oxygen atoms in total. The number of fused-ring (bicyclic) bond motifs is 1. The maximum Gasteiger partial charge on any atom is 0.331 e. The molecule has 30 heavy (non-hydrogen) atoms. The summed E-state index contributed by atoms with van der Waals surface area (Å²) in [6.07, 6.45) is 0. The van der Waals surface area contributed by atoms with Gasteiger partial charge in [-0.25, -0.2) is 13.2 Å². The van der Waals surface area contributed by atoms with E-state index in [4.69, 9.17) is 4.74 Å². The number of benzene rings is 1. The molecule has 1 atom stereocenters. The molecular weight excluding hydrogens is 436 g/mol. The molecule has 0 aliphatic carbocycles. The number of rotatable bonds is 7. The second-order valence-corrected chi connectivity index (χ2v) is 8.89. The molecule has 160 valence electrons. The normalized spacial score (nSPS) is 19.4. The number of nitrogens with one attached hydrogen (secondary N) is 2. The predicted octanol–water partition coefficient (Wildman–Crippen LogP) is -0.532. The average molecular weight is 454 g/mol. The van der Waals surface area contributed by atoms with Crippen molar-refractivity contribution >= 4 is 50.6 Å². The van der Waals surface area contributed by atoms with Gasteiger partial charge in [0.25, 0.3) is 21.2 Å². The zero-order chi connectivity index (χ0) is 21.9. The molecule has 0 spiro atoms. The van der Waals surface area contributed by atoms with Crippen LogP contribution in [0.3, 0.4) is 0 Å². The number of hydrogen-bond acceptors (Lipinski definition) is 9. The van der Waals surface area contributed by atoms with Crippen LogP contribution in [-0.2, 0) is 29.1 Å². The maximum absolute atomic E-state index is 12.1. The molecule has 3 amide bonds. The molecule has 0 aromatic heterocycles. The van der Waals surface area contributed by atoms with E-state index in [2.05, 4.69) is 15.0 Å². The van der Waals surface area contributed by atoms with Gasteiger partial charge in [-0.05, 0) is 19.1 Å². The topological polar surface area (TPSA) is 151 Å². The van der Waals surface area contributed by atoms with Crippen molar-refractivity contribution in [2.75, 3.05) is 25.4 Å². The summed E-state index contributed by atoms with van der Waals surface area (Å²) >= 11 is 0.898. The molecule has 13 heteroatoms. The van der Waals surface area contributed by atoms with E-state index in [0.717, 1.165) is 16.7 Å². The Morgan fingerprint density at radius 1 is 1.33 bits per heavy atom. The van der Waals surface area contributed by atoms with Crippen LogP contribution in [0.25, 0.3) is 0 Å². The minimum absolute atomic E-state index is 0.0253. The molecule has 1 saturated heterocycles. The molecule has 0 bridgehead atoms. The van der Waals surface area contributed by atoms with Crippen LogP contribution in [0.15, 0.2) is 34.2 Å². The van der Waals surface area contributed by atoms with Gasteiger partial charge in [0.15, 0.2) is 6.61 Å². The zero-order valence-electron chi connectivity index (χ0n) is 15.8. The summed E-state index contributed by atoms with van der Waals surface area (Å²) in [5.74, 6) is -1.63. The van der Waals surface area contributed by atoms with E-state index in [1.165, 1.54) is 13.0 Å². The van der Waals surface area contributed by atoms with Crippen LogP contribution < -0.4 is 10.0 Å². The van der Waals surface area contributed by atoms with E-state index < -0.39 is 34.5 Å². The van der Waals surface area contributed by atoms with Crippen LogP contribution in [0.2, 0.25) is 0 Å². The predicted molar refractivity (Wildman–Crippen MR) is 106 cm³/mol. The first-order chi connectivity index (χ1) is 14.2. The van der Waals surface area contributed by atoms with Crippen LogP contribution in [0.1, 0.15) is 12.5 Å². The largest absolute Gasteiger partial charge is 0.454 e. The van der Waals surface area contributed by atoms with Gasteiger partial charge in [-0.1, -0.05) is 23.9 Å². The Morgan fingerprint density at radius 2 is 2.07 bits per heavy atom. The highest BCUT2D eigenvalue weighted by atomic mass is 32.2. The van der Waals surface area contributed by atoms with Gasteiger partial charge in [-0.15, -0.1) is 0 Å². The van der Waals surface area contributed by atoms with Crippen LogP contribution in [0.5, 0.6) is 0 Å². The number of sulfonamides is 1. The minimum atomic E-state index is -3.73. The molecule has 3 rings (SSSR count). The lowest BCUT2D eigenvalue weighted by molar-refractivity contribution is -0.149. The Balaban J connectivity index is 1.48. The number of carbonyl (C=O) groups is 4. The minimum Gasteiger partial charge on any atom is -0.454 e. The Kier molecular flexibility index (Phi) is 6.41. The number of amidine groups is 1. The van der Waals surface area contributed by atoms with Gasteiger partial charge in [0, 0.05) is 18.7 Å². The summed E-state index contributed by atoms with van der Waals surface area (Å²) in [5, 5.41) is 2.08. The summed E-state index contributed by atoms with van der Waals surface area (Å²) < 4.78 is 31.3. The fourth-order valence-corrected chi connectivity index (χ4v) is 4.68. The number of carbonyl (C=O) groups excluding carboxylic acids is 4. The molecular formula is C17H18N4O7S2. The standard InChI is InChI=1S/C17H18N4O7S2/c1-10(19-15-11-4-2-3-5-12(11)30(26,27)20-15)16(24)28-8-13(22)18-6-7-21-14(23)9-29-17(21)25/h2-5,10H,6-9H2,1H3,(H,18,22)(H,19,20)/t10-/m1/s1. The van der Waals surface area contributed by atoms with E-state index in [9.17, 15) is 27.6 Å². The first kappa shape index (κ1) is 21.8. The molecule has 2 heterocycles. The quantitative estimate of drug-likeness (QED) is 0.522. The second kappa shape index (κ2) is 8.83. The number of imide groups is 1. The molecule has 1 fully saturated rings. The molecule has 0 radical (unpaired) electrons. The van der Waals surface area contributed by atoms with Gasteiger partial charge in [0.2, 0.25) is 5.91 Å². The highest BCUT2D eigenvalue weighted by Crippen LogP contribution is 2.22. The molecule has 2 N–H and O–H groups in total. The van der Waals surface area contributed by atoms with Crippen LogP contribution in [0.4, 0.5) is 4.79 Å². The van der Waals surface area contributed by atoms with Crippen molar-refractivity contribution in [1.82, 2.24) is 14.9 Å². The molecule has 0 unspecified atom stereocenters. The molecule has 1 aromatic carbocycles. The SMILES string of the molecule is C[C@@H](N=C1NS(=O)(=O)c2ccccc21)C(=O)OCC(=O)NCCN1C(=O)CSC1=O. The summed E-state index contributed by atoms with van der Waals surface area (Å²) in [7, 11) is -3.73. The lowest BCUT2D eigenvalue weighted by Gasteiger charge is -2.13. The Labute approximate surface area is 176 Å². The van der Waals surface area contributed by atoms with Gasteiger partial charge < -0.3 is 10.1 Å². The van der Waals surface area contributed by atoms with Gasteiger partial charge in [0.1, 0.15) is 11.9 Å². The van der Waals surface area contributed by atoms with Gasteiger partial charge in [-0.2, -0.15) is 0 Å². The number of ether oxygens (including phenoxy) is 1. The fourth-order valence-electron chi connectivity index (χ4n) is 2.69. The van der Waals surface area contributed by atoms with E-state index in [1.54, 1.807) is 18.2 Å². The van der Waals surface area contributed by atoms with Crippen molar-refractivity contribution in [3.63, 3.8) is 0 Å². The molecule has 2 aliphatic heterocycles. The highest BCUT2D eigenvalue weighted by Gasteiger charge is 2.31. The van der Waals surface area contributed by atoms with E-state index in [1.807, 2.05) is 0 Å². The third-order valence-corrected chi connectivity index (χ3v) is 6.43. The van der Waals surface area contributed by atoms with Crippen molar-refractivity contribution in [3.8, 4) is 0 Å². The first-order valence-corrected chi connectivity index (χ1v) is 11.3. The fraction of sp³-hybridized carbons (Fsp3) is 0.353. The lowest BCUT2D eigenvalue weighted by atomic mass is 10.2. The van der Waals surface area contributed by atoms with Crippen molar-refractivity contribution in [3.05, 3.63) is 29.8 Å². The molecule has 0 saturated carbocycles. The maximum atomic E-state index is 12.1. The summed E-state index contributed by atoms with van der Waals surface area (Å²) in [6.45, 7) is 0.899. The second-order valence-electron chi connectivity index (χ2n) is 6.31. The van der Waals surface area contributed by atoms with Crippen LogP contribution in [0, 0.1) is 0 Å². The van der Waals surface area contributed by atoms with Crippen molar-refractivity contribution in [1.29, 1.82) is 0 Å². The smallest absolute Gasteiger partial charge is 0.331 e. The van der Waals surface area contributed by atoms with Crippen molar-refractivity contribution in [2.24, 2.45) is 4.99 Å². The Bertz CT molecular complexity index is 1020. The Hall–Kier alpha value is -2.93. The summed E-state index contributed by atoms with van der Waals surface area (Å²) in [5.41, 5.74) is 0.346. The number of thioether (sulfide) groups is 1. The first-order valence-electron chi connectivity index (χ1n) is 8.79. The third-order valence-electron chi connectivity index (χ3n) is 4.17. The zero-order valence-corrected chi connectivity index (χ0v) is 17.4. The number of nitrogens with zero attached hydrogens (tertiary/aromatic N) is 2. The van der Waals surface area contributed by atoms with Crippen LogP contribution >= 0.6 is 11.8 Å². The van der Waals surface area contributed by atoms with Gasteiger partial charge in [0.05, 0.1) is 10.6 Å². The lowest BCUT2D eigenvalue weighted by Crippen LogP contribution is -2.39. The summed E-state index contributed by atoms with van der Waals surface area (Å²) in [4.78, 5) is 51.9. The van der Waals surface area contributed by atoms with E-state index in [0.29, 0.717) is 5.56 Å². The number of hydrogen-bond donors (Lipinski definition) is 2. The van der Waals surface area contributed by atoms with Gasteiger partial charge >= 0.3 is 5.97 Å². The molecule has 2 aliphatic rings. The van der Waals surface area contributed by atoms with E-state index >= 15 is 0 Å². The number of esters is 1. The summed E-state index contributed by atoms with van der Waals surface area (Å²) in [6, 6.07) is 5.15. The Morgan fingerprint density at radius 3 is 2.77 bits per heavy atom.